The van der Waals surface area contributed by atoms with Gasteiger partial charge in [-0.05, 0) is 33.6 Å². The van der Waals surface area contributed by atoms with E-state index < -0.39 is 30.1 Å². The highest BCUT2D eigenvalue weighted by Gasteiger charge is 2.79. The minimum Gasteiger partial charge on any atom is -0.445 e. The van der Waals surface area contributed by atoms with Crippen LogP contribution >= 0.6 is 0 Å². The summed E-state index contributed by atoms with van der Waals surface area (Å²) in [5.41, 5.74) is 0. The van der Waals surface area contributed by atoms with Gasteiger partial charge < -0.3 is 18.9 Å². The lowest BCUT2D eigenvalue weighted by molar-refractivity contribution is -0.360. The summed E-state index contributed by atoms with van der Waals surface area (Å²) in [6, 6.07) is -0.304. The van der Waals surface area contributed by atoms with Crippen molar-refractivity contribution in [3.8, 4) is 0 Å². The van der Waals surface area contributed by atoms with Crippen molar-refractivity contribution in [3.05, 3.63) is 0 Å². The Kier molecular flexibility index (Phi) is 4.64. The predicted molar refractivity (Wildman–Crippen MR) is 87.5 cm³/mol. The van der Waals surface area contributed by atoms with Gasteiger partial charge in [-0.25, -0.2) is 14.6 Å². The summed E-state index contributed by atoms with van der Waals surface area (Å²) >= 11 is 0. The second kappa shape index (κ2) is 6.38. The van der Waals surface area contributed by atoms with Gasteiger partial charge in [-0.15, -0.1) is 0 Å². The largest absolute Gasteiger partial charge is 0.445 e. The SMILES string of the molecule is COC1(OC)[C@H]2C(=O)C[C@@H]3[C@H]2[C@@H]3N(C(=O)OC(C)C)N1C(=O)OC(C)C. The number of hydrogen-bond acceptors (Lipinski definition) is 7. The van der Waals surface area contributed by atoms with Gasteiger partial charge in [0.25, 0.3) is 5.91 Å². The molecule has 1 heterocycles. The maximum Gasteiger partial charge on any atom is 0.433 e. The van der Waals surface area contributed by atoms with E-state index in [-0.39, 0.29) is 29.8 Å². The van der Waals surface area contributed by atoms with Crippen LogP contribution in [-0.2, 0) is 23.7 Å². The topological polar surface area (TPSA) is 94.6 Å². The summed E-state index contributed by atoms with van der Waals surface area (Å²) < 4.78 is 21.8. The molecule has 1 saturated heterocycles. The van der Waals surface area contributed by atoms with E-state index in [1.54, 1.807) is 27.7 Å². The zero-order valence-electron chi connectivity index (χ0n) is 15.9. The van der Waals surface area contributed by atoms with E-state index in [4.69, 9.17) is 18.9 Å². The van der Waals surface area contributed by atoms with Gasteiger partial charge in [-0.3, -0.25) is 4.79 Å². The molecule has 9 nitrogen and oxygen atoms in total. The number of amides is 2. The number of ether oxygens (including phenoxy) is 4. The molecule has 2 saturated carbocycles. The Morgan fingerprint density at radius 2 is 1.58 bits per heavy atom. The van der Waals surface area contributed by atoms with Gasteiger partial charge in [-0.2, -0.15) is 5.01 Å². The van der Waals surface area contributed by atoms with Gasteiger partial charge in [-0.1, -0.05) is 0 Å². The Morgan fingerprint density at radius 1 is 1.04 bits per heavy atom. The van der Waals surface area contributed by atoms with Crippen molar-refractivity contribution in [1.82, 2.24) is 10.0 Å². The molecule has 9 heteroatoms. The van der Waals surface area contributed by atoms with Crippen molar-refractivity contribution >= 4 is 18.0 Å². The van der Waals surface area contributed by atoms with E-state index in [1.165, 1.54) is 19.2 Å². The van der Waals surface area contributed by atoms with Gasteiger partial charge in [0.1, 0.15) is 5.78 Å². The van der Waals surface area contributed by atoms with Crippen molar-refractivity contribution < 1.29 is 33.3 Å². The summed E-state index contributed by atoms with van der Waals surface area (Å²) in [5.74, 6) is -2.61. The Morgan fingerprint density at radius 3 is 2.08 bits per heavy atom. The maximum atomic E-state index is 12.9. The molecule has 0 radical (unpaired) electrons. The molecule has 0 aromatic carbocycles. The number of methoxy groups -OCH3 is 2. The van der Waals surface area contributed by atoms with E-state index >= 15 is 0 Å². The zero-order valence-corrected chi connectivity index (χ0v) is 15.9. The van der Waals surface area contributed by atoms with E-state index in [0.29, 0.717) is 6.42 Å². The Labute approximate surface area is 152 Å². The second-order valence-corrected chi connectivity index (χ2v) is 7.44. The highest BCUT2D eigenvalue weighted by atomic mass is 16.7. The Balaban J connectivity index is 2.06. The number of rotatable bonds is 4. The Bertz CT molecular complexity index is 616. The lowest BCUT2D eigenvalue weighted by atomic mass is 9.93. The Hall–Kier alpha value is -1.87. The number of hydrogen-bond donors (Lipinski definition) is 0. The summed E-state index contributed by atoms with van der Waals surface area (Å²) in [6.45, 7) is 6.82. The highest BCUT2D eigenvalue weighted by molar-refractivity contribution is 5.89. The predicted octanol–water partition coefficient (Wildman–Crippen LogP) is 1.76. The molecule has 3 aliphatic rings. The van der Waals surface area contributed by atoms with Crippen LogP contribution in [0.2, 0.25) is 0 Å². The van der Waals surface area contributed by atoms with Crippen molar-refractivity contribution in [2.75, 3.05) is 14.2 Å². The van der Waals surface area contributed by atoms with Crippen LogP contribution < -0.4 is 0 Å². The molecule has 0 N–H and O–H groups in total. The van der Waals surface area contributed by atoms with Crippen LogP contribution in [0.1, 0.15) is 34.1 Å². The van der Waals surface area contributed by atoms with Crippen molar-refractivity contribution in [2.24, 2.45) is 17.8 Å². The first-order valence-electron chi connectivity index (χ1n) is 8.83. The quantitative estimate of drug-likeness (QED) is 0.696. The molecule has 3 rings (SSSR count). The molecule has 0 bridgehead atoms. The fourth-order valence-corrected chi connectivity index (χ4v) is 4.30. The zero-order chi connectivity index (χ0) is 19.4. The fourth-order valence-electron chi connectivity index (χ4n) is 4.30. The number of carbonyl (C=O) groups is 3. The van der Waals surface area contributed by atoms with Gasteiger partial charge in [0.15, 0.2) is 0 Å². The average molecular weight is 370 g/mol. The highest BCUT2D eigenvalue weighted by Crippen LogP contribution is 2.64. The van der Waals surface area contributed by atoms with Crippen LogP contribution in [-0.4, -0.2) is 66.4 Å². The molecule has 2 amide bonds. The minimum atomic E-state index is -1.74. The molecule has 0 aromatic heterocycles. The molecule has 3 fully saturated rings. The van der Waals surface area contributed by atoms with Crippen LogP contribution in [0.25, 0.3) is 0 Å². The second-order valence-electron chi connectivity index (χ2n) is 7.44. The molecular weight excluding hydrogens is 344 g/mol. The van der Waals surface area contributed by atoms with Crippen molar-refractivity contribution in [3.63, 3.8) is 0 Å². The smallest absolute Gasteiger partial charge is 0.433 e. The lowest BCUT2D eigenvalue weighted by Crippen LogP contribution is -2.72. The first-order valence-corrected chi connectivity index (χ1v) is 8.83. The van der Waals surface area contributed by atoms with Gasteiger partial charge >= 0.3 is 12.2 Å². The molecular formula is C17H26N2O7. The van der Waals surface area contributed by atoms with E-state index in [9.17, 15) is 14.4 Å². The summed E-state index contributed by atoms with van der Waals surface area (Å²) in [5, 5.41) is 2.20. The van der Waals surface area contributed by atoms with Gasteiger partial charge in [0.05, 0.1) is 24.2 Å². The number of ketones is 1. The molecule has 0 aromatic rings. The number of hydrazine groups is 1. The molecule has 0 spiro atoms. The standard InChI is InChI=1S/C17H26N2O7/c1-8(2)25-15(21)18-14-10-7-11(20)13(12(10)14)17(23-5,24-6)19(18)16(22)26-9(3)4/h8-10,12-14H,7H2,1-6H3/t10-,12-,13+,14-/m1/s1. The van der Waals surface area contributed by atoms with Crippen LogP contribution in [0.4, 0.5) is 9.59 Å². The molecule has 4 atom stereocenters. The third kappa shape index (κ3) is 2.56. The normalized spacial score (nSPS) is 31.3. The van der Waals surface area contributed by atoms with Crippen LogP contribution in [0.5, 0.6) is 0 Å². The van der Waals surface area contributed by atoms with E-state index in [2.05, 4.69) is 0 Å². The minimum absolute atomic E-state index is 0.0336. The van der Waals surface area contributed by atoms with Crippen LogP contribution in [0.15, 0.2) is 0 Å². The fraction of sp³-hybridized carbons (Fsp3) is 0.824. The molecule has 26 heavy (non-hydrogen) atoms. The summed E-state index contributed by atoms with van der Waals surface area (Å²) in [7, 11) is 2.68. The number of carbonyl (C=O) groups excluding carboxylic acids is 3. The van der Waals surface area contributed by atoms with Crippen molar-refractivity contribution in [2.45, 2.75) is 58.3 Å². The van der Waals surface area contributed by atoms with E-state index in [0.717, 1.165) is 5.01 Å². The third-order valence-corrected chi connectivity index (χ3v) is 5.16. The molecule has 2 aliphatic carbocycles. The molecule has 0 unspecified atom stereocenters. The lowest BCUT2D eigenvalue weighted by Gasteiger charge is -2.51. The molecule has 146 valence electrons. The van der Waals surface area contributed by atoms with Gasteiger partial charge in [0.2, 0.25) is 0 Å². The summed E-state index contributed by atoms with van der Waals surface area (Å²) in [6.07, 6.45) is -1.99. The summed E-state index contributed by atoms with van der Waals surface area (Å²) in [4.78, 5) is 38.2. The van der Waals surface area contributed by atoms with Crippen LogP contribution in [0.3, 0.4) is 0 Å². The third-order valence-electron chi connectivity index (χ3n) is 5.16. The molecule has 1 aliphatic heterocycles. The number of nitrogens with zero attached hydrogens (tertiary/aromatic N) is 2. The van der Waals surface area contributed by atoms with Crippen LogP contribution in [0, 0.1) is 17.8 Å². The number of Topliss-reactive ketones (excluding diaryl/α,β-unsaturated/α-hetero) is 1. The van der Waals surface area contributed by atoms with E-state index in [1.807, 2.05) is 0 Å². The van der Waals surface area contributed by atoms with Gasteiger partial charge in [0, 0.05) is 26.6 Å². The first-order chi connectivity index (χ1) is 12.2. The first kappa shape index (κ1) is 18.9. The monoisotopic (exact) mass is 370 g/mol. The maximum absolute atomic E-state index is 12.9. The van der Waals surface area contributed by atoms with Crippen molar-refractivity contribution in [1.29, 1.82) is 0 Å². The number of fused-ring (bicyclic) bond motifs is 1. The average Bonchev–Trinajstić information content (AvgIpc) is 3.10.